The normalized spacial score (nSPS) is 11.2. The lowest BCUT2D eigenvalue weighted by Gasteiger charge is -2.13. The van der Waals surface area contributed by atoms with Crippen LogP contribution in [0.3, 0.4) is 0 Å². The lowest BCUT2D eigenvalue weighted by atomic mass is 10.0. The van der Waals surface area contributed by atoms with E-state index in [1.54, 1.807) is 0 Å². The van der Waals surface area contributed by atoms with Gasteiger partial charge in [-0.1, -0.05) is 103 Å². The number of rotatable bonds is 7. The maximum absolute atomic E-state index is 6.26. The van der Waals surface area contributed by atoms with Crippen LogP contribution in [0.5, 0.6) is 5.75 Å². The van der Waals surface area contributed by atoms with Crippen molar-refractivity contribution >= 4 is 21.8 Å². The average Bonchev–Trinajstić information content (AvgIpc) is 3.26. The molecule has 0 aliphatic heterocycles. The van der Waals surface area contributed by atoms with E-state index < -0.39 is 0 Å². The van der Waals surface area contributed by atoms with Crippen LogP contribution in [0, 0.1) is 0 Å². The third-order valence-corrected chi connectivity index (χ3v) is 6.48. The second-order valence-electron chi connectivity index (χ2n) is 8.73. The number of nitrogens with zero attached hydrogens (tertiary/aromatic N) is 2. The topological polar surface area (TPSA) is 27.1 Å². The summed E-state index contributed by atoms with van der Waals surface area (Å²) < 4.78 is 8.56. The smallest absolute Gasteiger partial charge is 0.127 e. The van der Waals surface area contributed by atoms with Gasteiger partial charge in [0.25, 0.3) is 0 Å². The van der Waals surface area contributed by atoms with Gasteiger partial charge in [-0.15, -0.1) is 0 Å². The van der Waals surface area contributed by atoms with Crippen LogP contribution in [-0.4, -0.2) is 16.2 Å². The van der Waals surface area contributed by atoms with E-state index in [0.29, 0.717) is 6.61 Å². The maximum Gasteiger partial charge on any atom is 0.127 e. The minimum atomic E-state index is 0.578. The van der Waals surface area contributed by atoms with Gasteiger partial charge in [0, 0.05) is 11.8 Å². The zero-order valence-electron chi connectivity index (χ0n) is 19.5. The summed E-state index contributed by atoms with van der Waals surface area (Å²) in [6.45, 7) is 1.31. The summed E-state index contributed by atoms with van der Waals surface area (Å²) in [6.07, 6.45) is 0.776. The van der Waals surface area contributed by atoms with Gasteiger partial charge in [-0.05, 0) is 40.3 Å². The summed E-state index contributed by atoms with van der Waals surface area (Å²) in [6, 6.07) is 42.2. The van der Waals surface area contributed by atoms with Crippen molar-refractivity contribution in [2.24, 2.45) is 0 Å². The molecule has 1 heterocycles. The standard InChI is InChI=1S/C32H26N2O/c1-2-9-25(10-3-1)26-19-17-24(18-20-26)23-32-33-29-14-6-7-15-30(29)34(32)21-22-35-31-16-8-12-27-11-4-5-13-28(27)31/h1-20H,21-23H2. The minimum Gasteiger partial charge on any atom is -0.491 e. The van der Waals surface area contributed by atoms with Crippen LogP contribution in [0.2, 0.25) is 0 Å². The van der Waals surface area contributed by atoms with E-state index in [9.17, 15) is 0 Å². The Morgan fingerprint density at radius 2 is 1.34 bits per heavy atom. The van der Waals surface area contributed by atoms with Crippen molar-refractivity contribution in [1.82, 2.24) is 9.55 Å². The van der Waals surface area contributed by atoms with E-state index in [-0.39, 0.29) is 0 Å². The zero-order chi connectivity index (χ0) is 23.5. The van der Waals surface area contributed by atoms with Crippen molar-refractivity contribution in [2.75, 3.05) is 6.61 Å². The van der Waals surface area contributed by atoms with Crippen LogP contribution in [0.4, 0.5) is 0 Å². The van der Waals surface area contributed by atoms with Crippen molar-refractivity contribution in [3.05, 3.63) is 133 Å². The molecular formula is C32H26N2O. The molecule has 0 aliphatic carbocycles. The van der Waals surface area contributed by atoms with Crippen molar-refractivity contribution < 1.29 is 4.74 Å². The fraction of sp³-hybridized carbons (Fsp3) is 0.0938. The number of ether oxygens (including phenoxy) is 1. The molecule has 170 valence electrons. The summed E-state index contributed by atoms with van der Waals surface area (Å²) in [4.78, 5) is 4.97. The van der Waals surface area contributed by atoms with Crippen LogP contribution in [0.25, 0.3) is 32.9 Å². The highest BCUT2D eigenvalue weighted by Crippen LogP contribution is 2.26. The first-order valence-corrected chi connectivity index (χ1v) is 12.0. The molecule has 0 atom stereocenters. The maximum atomic E-state index is 6.26. The quantitative estimate of drug-likeness (QED) is 0.249. The predicted molar refractivity (Wildman–Crippen MR) is 144 cm³/mol. The minimum absolute atomic E-state index is 0.578. The number of hydrogen-bond donors (Lipinski definition) is 0. The van der Waals surface area contributed by atoms with Crippen LogP contribution in [0.15, 0.2) is 121 Å². The number of imidazole rings is 1. The van der Waals surface area contributed by atoms with Gasteiger partial charge in [0.2, 0.25) is 0 Å². The highest BCUT2D eigenvalue weighted by Gasteiger charge is 2.12. The fourth-order valence-corrected chi connectivity index (χ4v) is 4.71. The Morgan fingerprint density at radius 1 is 0.629 bits per heavy atom. The largest absolute Gasteiger partial charge is 0.491 e. The van der Waals surface area contributed by atoms with Crippen molar-refractivity contribution in [1.29, 1.82) is 0 Å². The molecule has 35 heavy (non-hydrogen) atoms. The van der Waals surface area contributed by atoms with E-state index >= 15 is 0 Å². The van der Waals surface area contributed by atoms with Gasteiger partial charge >= 0.3 is 0 Å². The Bertz CT molecular complexity index is 1580. The second kappa shape index (κ2) is 9.47. The molecule has 0 bridgehead atoms. The number of aromatic nitrogens is 2. The zero-order valence-corrected chi connectivity index (χ0v) is 19.5. The van der Waals surface area contributed by atoms with Crippen LogP contribution < -0.4 is 4.74 Å². The Kier molecular flexibility index (Phi) is 5.73. The van der Waals surface area contributed by atoms with Gasteiger partial charge < -0.3 is 9.30 Å². The van der Waals surface area contributed by atoms with Gasteiger partial charge in [-0.25, -0.2) is 4.98 Å². The van der Waals surface area contributed by atoms with E-state index in [4.69, 9.17) is 9.72 Å². The van der Waals surface area contributed by atoms with Crippen LogP contribution in [-0.2, 0) is 13.0 Å². The first-order chi connectivity index (χ1) is 17.3. The van der Waals surface area contributed by atoms with Crippen molar-refractivity contribution in [3.63, 3.8) is 0 Å². The highest BCUT2D eigenvalue weighted by atomic mass is 16.5. The first-order valence-electron chi connectivity index (χ1n) is 12.0. The molecule has 0 amide bonds. The summed E-state index contributed by atoms with van der Waals surface area (Å²) >= 11 is 0. The van der Waals surface area contributed by atoms with E-state index in [1.807, 2.05) is 18.2 Å². The molecule has 0 N–H and O–H groups in total. The third-order valence-electron chi connectivity index (χ3n) is 6.48. The molecule has 6 aromatic rings. The first kappa shape index (κ1) is 21.2. The lowest BCUT2D eigenvalue weighted by Crippen LogP contribution is -2.11. The summed E-state index contributed by atoms with van der Waals surface area (Å²) in [5, 5.41) is 2.34. The molecule has 0 saturated carbocycles. The molecule has 0 spiro atoms. The molecule has 0 saturated heterocycles. The molecule has 0 radical (unpaired) electrons. The Balaban J connectivity index is 1.24. The predicted octanol–water partition coefficient (Wildman–Crippen LogP) is 7.53. The molecule has 0 aliphatic rings. The van der Waals surface area contributed by atoms with Crippen molar-refractivity contribution in [3.8, 4) is 16.9 Å². The molecule has 6 rings (SSSR count). The molecule has 0 fully saturated rings. The molecule has 3 heteroatoms. The molecule has 5 aromatic carbocycles. The molecule has 1 aromatic heterocycles. The molecular weight excluding hydrogens is 428 g/mol. The number of para-hydroxylation sites is 2. The number of benzene rings is 5. The number of hydrogen-bond acceptors (Lipinski definition) is 2. The second-order valence-corrected chi connectivity index (χ2v) is 8.73. The summed E-state index contributed by atoms with van der Waals surface area (Å²) in [5.74, 6) is 1.98. The Labute approximate surface area is 205 Å². The van der Waals surface area contributed by atoms with Crippen LogP contribution >= 0.6 is 0 Å². The van der Waals surface area contributed by atoms with Gasteiger partial charge in [-0.3, -0.25) is 0 Å². The SMILES string of the molecule is c1ccc(-c2ccc(Cc3nc4ccccc4n3CCOc3cccc4ccccc34)cc2)cc1. The summed E-state index contributed by atoms with van der Waals surface area (Å²) in [7, 11) is 0. The van der Waals surface area contributed by atoms with Crippen molar-refractivity contribution in [2.45, 2.75) is 13.0 Å². The number of fused-ring (bicyclic) bond motifs is 2. The Hall–Kier alpha value is -4.37. The van der Waals surface area contributed by atoms with Gasteiger partial charge in [0.05, 0.1) is 17.6 Å². The lowest BCUT2D eigenvalue weighted by molar-refractivity contribution is 0.302. The fourth-order valence-electron chi connectivity index (χ4n) is 4.71. The van der Waals surface area contributed by atoms with E-state index in [1.165, 1.54) is 22.1 Å². The monoisotopic (exact) mass is 454 g/mol. The van der Waals surface area contributed by atoms with Gasteiger partial charge in [-0.2, -0.15) is 0 Å². The Morgan fingerprint density at radius 3 is 2.23 bits per heavy atom. The van der Waals surface area contributed by atoms with Gasteiger partial charge in [0.1, 0.15) is 18.2 Å². The van der Waals surface area contributed by atoms with E-state index in [0.717, 1.165) is 41.0 Å². The van der Waals surface area contributed by atoms with Crippen LogP contribution in [0.1, 0.15) is 11.4 Å². The highest BCUT2D eigenvalue weighted by molar-refractivity contribution is 5.88. The molecule has 0 unspecified atom stereocenters. The average molecular weight is 455 g/mol. The third kappa shape index (κ3) is 4.41. The molecule has 3 nitrogen and oxygen atoms in total. The van der Waals surface area contributed by atoms with Gasteiger partial charge in [0.15, 0.2) is 0 Å². The summed E-state index contributed by atoms with van der Waals surface area (Å²) in [5.41, 5.74) is 5.87. The van der Waals surface area contributed by atoms with E-state index in [2.05, 4.69) is 108 Å².